The van der Waals surface area contributed by atoms with Crippen molar-refractivity contribution in [3.05, 3.63) is 15.8 Å². The molecule has 9 heteroatoms. The lowest BCUT2D eigenvalue weighted by Gasteiger charge is -2.31. The fraction of sp³-hybridized carbons (Fsp3) is 0.667. The van der Waals surface area contributed by atoms with E-state index >= 15 is 0 Å². The third kappa shape index (κ3) is 3.06. The van der Waals surface area contributed by atoms with Crippen LogP contribution in [0.2, 0.25) is 0 Å². The van der Waals surface area contributed by atoms with Crippen molar-refractivity contribution in [2.45, 2.75) is 25.8 Å². The molecular formula is C12H19N5O4. The van der Waals surface area contributed by atoms with E-state index in [2.05, 4.69) is 15.2 Å². The number of methoxy groups -OCH3 is 1. The fourth-order valence-corrected chi connectivity index (χ4v) is 2.56. The van der Waals surface area contributed by atoms with Gasteiger partial charge in [-0.15, -0.1) is 0 Å². The monoisotopic (exact) mass is 297 g/mol. The molecule has 0 saturated carbocycles. The maximum atomic E-state index is 11.4. The molecule has 116 valence electrons. The zero-order valence-corrected chi connectivity index (χ0v) is 12.3. The summed E-state index contributed by atoms with van der Waals surface area (Å²) in [5.74, 6) is 0.411. The lowest BCUT2D eigenvalue weighted by Crippen LogP contribution is -2.42. The third-order valence-corrected chi connectivity index (χ3v) is 3.64. The number of aryl methyl sites for hydroxylation is 2. The highest BCUT2D eigenvalue weighted by Gasteiger charge is 2.28. The lowest BCUT2D eigenvalue weighted by atomic mass is 10.1. The predicted molar refractivity (Wildman–Crippen MR) is 75.2 cm³/mol. The SMILES string of the molecule is COC(=O)N1CCC(Nc2c([N+](=O)[O-])c(C)nn2C)CC1. The van der Waals surface area contributed by atoms with E-state index in [0.717, 1.165) is 0 Å². The summed E-state index contributed by atoms with van der Waals surface area (Å²) in [5, 5.41) is 18.4. The van der Waals surface area contributed by atoms with E-state index < -0.39 is 4.92 Å². The van der Waals surface area contributed by atoms with E-state index in [9.17, 15) is 14.9 Å². The molecule has 1 aliphatic rings. The topological polar surface area (TPSA) is 103 Å². The first-order valence-electron chi connectivity index (χ1n) is 6.71. The first kappa shape index (κ1) is 15.1. The predicted octanol–water partition coefficient (Wildman–Crippen LogP) is 1.28. The van der Waals surface area contributed by atoms with Gasteiger partial charge < -0.3 is 15.0 Å². The number of carbonyl (C=O) groups is 1. The van der Waals surface area contributed by atoms with Gasteiger partial charge in [0.25, 0.3) is 0 Å². The molecule has 1 amide bonds. The summed E-state index contributed by atoms with van der Waals surface area (Å²) in [6, 6.07) is 0.0689. The molecule has 0 aliphatic carbocycles. The molecule has 0 aromatic carbocycles. The minimum Gasteiger partial charge on any atom is -0.453 e. The highest BCUT2D eigenvalue weighted by Crippen LogP contribution is 2.29. The van der Waals surface area contributed by atoms with Gasteiger partial charge in [0.15, 0.2) is 0 Å². The zero-order valence-electron chi connectivity index (χ0n) is 12.3. The molecule has 1 aliphatic heterocycles. The molecule has 0 radical (unpaired) electrons. The molecule has 1 fully saturated rings. The van der Waals surface area contributed by atoms with Gasteiger partial charge in [-0.05, 0) is 19.8 Å². The van der Waals surface area contributed by atoms with Crippen molar-refractivity contribution in [2.24, 2.45) is 7.05 Å². The van der Waals surface area contributed by atoms with Gasteiger partial charge in [0, 0.05) is 26.2 Å². The van der Waals surface area contributed by atoms with Crippen LogP contribution in [0.3, 0.4) is 0 Å². The first-order chi connectivity index (χ1) is 9.93. The number of piperidine rings is 1. The van der Waals surface area contributed by atoms with Crippen molar-refractivity contribution >= 4 is 17.6 Å². The number of nitrogens with one attached hydrogen (secondary N) is 1. The van der Waals surface area contributed by atoms with Crippen LogP contribution in [0.4, 0.5) is 16.3 Å². The van der Waals surface area contributed by atoms with E-state index in [1.807, 2.05) is 0 Å². The Bertz CT molecular complexity index is 548. The maximum Gasteiger partial charge on any atom is 0.409 e. The number of likely N-dealkylation sites (tertiary alicyclic amines) is 1. The number of hydrogen-bond donors (Lipinski definition) is 1. The van der Waals surface area contributed by atoms with Gasteiger partial charge in [-0.1, -0.05) is 0 Å². The number of rotatable bonds is 3. The molecule has 0 bridgehead atoms. The molecule has 2 heterocycles. The molecule has 21 heavy (non-hydrogen) atoms. The van der Waals surface area contributed by atoms with Gasteiger partial charge in [-0.2, -0.15) is 5.10 Å². The highest BCUT2D eigenvalue weighted by atomic mass is 16.6. The van der Waals surface area contributed by atoms with Crippen LogP contribution in [-0.2, 0) is 11.8 Å². The Kier molecular flexibility index (Phi) is 4.29. The molecule has 1 saturated heterocycles. The van der Waals surface area contributed by atoms with Crippen LogP contribution in [0.5, 0.6) is 0 Å². The number of carbonyl (C=O) groups excluding carboxylic acids is 1. The van der Waals surface area contributed by atoms with Gasteiger partial charge >= 0.3 is 11.8 Å². The lowest BCUT2D eigenvalue weighted by molar-refractivity contribution is -0.384. The number of nitrogens with zero attached hydrogens (tertiary/aromatic N) is 4. The molecule has 1 aromatic rings. The average molecular weight is 297 g/mol. The summed E-state index contributed by atoms with van der Waals surface area (Å²) in [5.41, 5.74) is 0.393. The van der Waals surface area contributed by atoms with Crippen molar-refractivity contribution in [3.8, 4) is 0 Å². The number of nitro groups is 1. The summed E-state index contributed by atoms with van der Waals surface area (Å²) < 4.78 is 6.17. The maximum absolute atomic E-state index is 11.4. The summed E-state index contributed by atoms with van der Waals surface area (Å²) in [6.07, 6.45) is 1.07. The van der Waals surface area contributed by atoms with Crippen LogP contribution in [0.25, 0.3) is 0 Å². The number of anilines is 1. The average Bonchev–Trinajstić information content (AvgIpc) is 2.73. The summed E-state index contributed by atoms with van der Waals surface area (Å²) in [6.45, 7) is 2.74. The van der Waals surface area contributed by atoms with Crippen LogP contribution in [-0.4, -0.2) is 51.9 Å². The highest BCUT2D eigenvalue weighted by molar-refractivity contribution is 5.67. The Morgan fingerprint density at radius 3 is 2.62 bits per heavy atom. The molecule has 0 atom stereocenters. The quantitative estimate of drug-likeness (QED) is 0.666. The third-order valence-electron chi connectivity index (χ3n) is 3.64. The molecule has 2 rings (SSSR count). The summed E-state index contributed by atoms with van der Waals surface area (Å²) in [7, 11) is 3.03. The Morgan fingerprint density at radius 1 is 1.48 bits per heavy atom. The second kappa shape index (κ2) is 5.98. The number of aromatic nitrogens is 2. The first-order valence-corrected chi connectivity index (χ1v) is 6.71. The normalized spacial score (nSPS) is 15.9. The van der Waals surface area contributed by atoms with Crippen LogP contribution in [0.1, 0.15) is 18.5 Å². The van der Waals surface area contributed by atoms with Crippen molar-refractivity contribution in [1.29, 1.82) is 0 Å². The Hall–Kier alpha value is -2.32. The van der Waals surface area contributed by atoms with Crippen LogP contribution in [0.15, 0.2) is 0 Å². The minimum absolute atomic E-state index is 0.00731. The molecular weight excluding hydrogens is 278 g/mol. The van der Waals surface area contributed by atoms with Gasteiger partial charge in [-0.25, -0.2) is 9.48 Å². The Labute approximate surface area is 122 Å². The molecule has 0 unspecified atom stereocenters. The van der Waals surface area contributed by atoms with Crippen LogP contribution >= 0.6 is 0 Å². The standard InChI is InChI=1S/C12H19N5O4/c1-8-10(17(19)20)11(15(2)14-8)13-9-4-6-16(7-5-9)12(18)21-3/h9,13H,4-7H2,1-3H3. The smallest absolute Gasteiger partial charge is 0.409 e. The van der Waals surface area contributed by atoms with Gasteiger partial charge in [-0.3, -0.25) is 10.1 Å². The molecule has 9 nitrogen and oxygen atoms in total. The van der Waals surface area contributed by atoms with Gasteiger partial charge in [0.1, 0.15) is 5.69 Å². The van der Waals surface area contributed by atoms with Crippen molar-refractivity contribution in [1.82, 2.24) is 14.7 Å². The largest absolute Gasteiger partial charge is 0.453 e. The molecule has 1 aromatic heterocycles. The van der Waals surface area contributed by atoms with Gasteiger partial charge in [0.05, 0.1) is 12.0 Å². The zero-order chi connectivity index (χ0) is 15.6. The molecule has 0 spiro atoms. The van der Waals surface area contributed by atoms with Crippen molar-refractivity contribution < 1.29 is 14.5 Å². The number of hydrogen-bond acceptors (Lipinski definition) is 6. The van der Waals surface area contributed by atoms with E-state index in [1.165, 1.54) is 11.8 Å². The van der Waals surface area contributed by atoms with Gasteiger partial charge in [0.2, 0.25) is 5.82 Å². The van der Waals surface area contributed by atoms with E-state index in [0.29, 0.717) is 37.4 Å². The van der Waals surface area contributed by atoms with E-state index in [4.69, 9.17) is 0 Å². The van der Waals surface area contributed by atoms with Crippen molar-refractivity contribution in [3.63, 3.8) is 0 Å². The Morgan fingerprint density at radius 2 is 2.10 bits per heavy atom. The van der Waals surface area contributed by atoms with Crippen LogP contribution < -0.4 is 5.32 Å². The Balaban J connectivity index is 2.04. The van der Waals surface area contributed by atoms with E-state index in [1.54, 1.807) is 18.9 Å². The van der Waals surface area contributed by atoms with E-state index in [-0.39, 0.29) is 17.8 Å². The second-order valence-corrected chi connectivity index (χ2v) is 5.04. The fourth-order valence-electron chi connectivity index (χ4n) is 2.56. The number of amides is 1. The summed E-state index contributed by atoms with van der Waals surface area (Å²) in [4.78, 5) is 23.7. The minimum atomic E-state index is -0.422. The number of ether oxygens (including phenoxy) is 1. The van der Waals surface area contributed by atoms with Crippen LogP contribution in [0, 0.1) is 17.0 Å². The second-order valence-electron chi connectivity index (χ2n) is 5.04. The summed E-state index contributed by atoms with van der Waals surface area (Å²) >= 11 is 0. The molecule has 1 N–H and O–H groups in total. The van der Waals surface area contributed by atoms with Crippen molar-refractivity contribution in [2.75, 3.05) is 25.5 Å².